The highest BCUT2D eigenvalue weighted by molar-refractivity contribution is 5.35. The summed E-state index contributed by atoms with van der Waals surface area (Å²) >= 11 is 0. The fourth-order valence-electron chi connectivity index (χ4n) is 2.70. The molecule has 1 fully saturated rings. The molecule has 1 saturated carbocycles. The van der Waals surface area contributed by atoms with Gasteiger partial charge in [0.05, 0.1) is 0 Å². The van der Waals surface area contributed by atoms with Gasteiger partial charge in [-0.05, 0) is 54.2 Å². The van der Waals surface area contributed by atoms with E-state index in [2.05, 4.69) is 39.0 Å². The van der Waals surface area contributed by atoms with Crippen molar-refractivity contribution in [2.75, 3.05) is 0 Å². The van der Waals surface area contributed by atoms with Crippen LogP contribution in [0.15, 0.2) is 18.2 Å². The lowest BCUT2D eigenvalue weighted by molar-refractivity contribution is 0.415. The first-order valence-electron chi connectivity index (χ1n) is 7.04. The van der Waals surface area contributed by atoms with Crippen molar-refractivity contribution in [3.8, 4) is 0 Å². The smallest absolute Gasteiger partial charge is 0.0326 e. The van der Waals surface area contributed by atoms with Gasteiger partial charge in [0.25, 0.3) is 0 Å². The van der Waals surface area contributed by atoms with Crippen LogP contribution in [0.25, 0.3) is 0 Å². The normalized spacial score (nSPS) is 19.1. The summed E-state index contributed by atoms with van der Waals surface area (Å²) in [7, 11) is 0. The highest BCUT2D eigenvalue weighted by atomic mass is 14.7. The second-order valence-corrected chi connectivity index (χ2v) is 5.46. The van der Waals surface area contributed by atoms with Gasteiger partial charge in [0.15, 0.2) is 0 Å². The first-order chi connectivity index (χ1) is 8.17. The van der Waals surface area contributed by atoms with Crippen LogP contribution in [0.4, 0.5) is 0 Å². The van der Waals surface area contributed by atoms with E-state index in [1.165, 1.54) is 29.5 Å². The molecular weight excluding hydrogens is 206 g/mol. The van der Waals surface area contributed by atoms with Crippen molar-refractivity contribution in [1.82, 2.24) is 0 Å². The summed E-state index contributed by atoms with van der Waals surface area (Å²) in [5.41, 5.74) is 10.7. The molecule has 2 rings (SSSR count). The molecule has 1 aromatic rings. The van der Waals surface area contributed by atoms with Crippen LogP contribution in [0.5, 0.6) is 0 Å². The van der Waals surface area contributed by atoms with E-state index in [0.717, 1.165) is 18.8 Å². The Labute approximate surface area is 105 Å². The standard InChI is InChI=1S/C16H25N/c1-4-12-6-7-13(5-2)15(10-12)16(17)11(3)14-8-9-14/h6-7,10-11,14,16H,4-5,8-9,17H2,1-3H3. The molecule has 1 aliphatic carbocycles. The Balaban J connectivity index is 2.27. The minimum atomic E-state index is 0.226. The SMILES string of the molecule is CCc1ccc(CC)c(C(N)C(C)C2CC2)c1. The molecule has 17 heavy (non-hydrogen) atoms. The van der Waals surface area contributed by atoms with E-state index in [-0.39, 0.29) is 6.04 Å². The van der Waals surface area contributed by atoms with Gasteiger partial charge in [-0.15, -0.1) is 0 Å². The van der Waals surface area contributed by atoms with E-state index < -0.39 is 0 Å². The molecule has 1 aliphatic rings. The number of hydrogen-bond donors (Lipinski definition) is 1. The largest absolute Gasteiger partial charge is 0.324 e. The molecule has 1 aromatic carbocycles. The summed E-state index contributed by atoms with van der Waals surface area (Å²) in [6, 6.07) is 7.08. The van der Waals surface area contributed by atoms with Crippen molar-refractivity contribution in [2.24, 2.45) is 17.6 Å². The van der Waals surface area contributed by atoms with Crippen molar-refractivity contribution in [3.63, 3.8) is 0 Å². The molecule has 0 saturated heterocycles. The summed E-state index contributed by atoms with van der Waals surface area (Å²) in [5, 5.41) is 0. The molecule has 2 atom stereocenters. The summed E-state index contributed by atoms with van der Waals surface area (Å²) in [6.45, 7) is 6.75. The number of hydrogen-bond acceptors (Lipinski definition) is 1. The fourth-order valence-corrected chi connectivity index (χ4v) is 2.70. The van der Waals surface area contributed by atoms with Gasteiger partial charge in [-0.1, -0.05) is 39.0 Å². The van der Waals surface area contributed by atoms with Crippen molar-refractivity contribution >= 4 is 0 Å². The minimum absolute atomic E-state index is 0.226. The maximum atomic E-state index is 6.48. The number of aryl methyl sites for hydroxylation is 2. The van der Waals surface area contributed by atoms with Gasteiger partial charge in [-0.3, -0.25) is 0 Å². The van der Waals surface area contributed by atoms with Crippen LogP contribution in [0, 0.1) is 11.8 Å². The Hall–Kier alpha value is -0.820. The predicted molar refractivity (Wildman–Crippen MR) is 74.0 cm³/mol. The van der Waals surface area contributed by atoms with Crippen LogP contribution < -0.4 is 5.73 Å². The molecule has 0 bridgehead atoms. The predicted octanol–water partition coefficient (Wildman–Crippen LogP) is 3.86. The number of nitrogens with two attached hydrogens (primary N) is 1. The molecule has 2 unspecified atom stereocenters. The highest BCUT2D eigenvalue weighted by Crippen LogP contribution is 2.42. The Kier molecular flexibility index (Phi) is 3.88. The molecule has 0 spiro atoms. The summed E-state index contributed by atoms with van der Waals surface area (Å²) in [5.74, 6) is 1.51. The highest BCUT2D eigenvalue weighted by Gasteiger charge is 2.32. The third kappa shape index (κ3) is 2.71. The Morgan fingerprint density at radius 1 is 1.24 bits per heavy atom. The third-order valence-electron chi connectivity index (χ3n) is 4.29. The Morgan fingerprint density at radius 3 is 2.47 bits per heavy atom. The zero-order valence-electron chi connectivity index (χ0n) is 11.4. The van der Waals surface area contributed by atoms with Crippen molar-refractivity contribution in [2.45, 2.75) is 52.5 Å². The third-order valence-corrected chi connectivity index (χ3v) is 4.29. The molecule has 0 aliphatic heterocycles. The molecule has 0 radical (unpaired) electrons. The number of rotatable bonds is 5. The van der Waals surface area contributed by atoms with E-state index in [1.54, 1.807) is 0 Å². The molecule has 94 valence electrons. The second kappa shape index (κ2) is 5.22. The molecule has 0 aromatic heterocycles. The van der Waals surface area contributed by atoms with Gasteiger partial charge in [0.1, 0.15) is 0 Å². The Morgan fingerprint density at radius 2 is 1.94 bits per heavy atom. The molecule has 1 heteroatoms. The maximum Gasteiger partial charge on any atom is 0.0326 e. The lowest BCUT2D eigenvalue weighted by atomic mass is 9.87. The van der Waals surface area contributed by atoms with Gasteiger partial charge in [-0.25, -0.2) is 0 Å². The Bertz CT molecular complexity index is 379. The van der Waals surface area contributed by atoms with Crippen LogP contribution in [0.2, 0.25) is 0 Å². The lowest BCUT2D eigenvalue weighted by Crippen LogP contribution is -2.22. The van der Waals surface area contributed by atoms with Gasteiger partial charge < -0.3 is 5.73 Å². The van der Waals surface area contributed by atoms with Gasteiger partial charge >= 0.3 is 0 Å². The average molecular weight is 231 g/mol. The van der Waals surface area contributed by atoms with Crippen LogP contribution >= 0.6 is 0 Å². The summed E-state index contributed by atoms with van der Waals surface area (Å²) in [6.07, 6.45) is 4.94. The van der Waals surface area contributed by atoms with Crippen molar-refractivity contribution < 1.29 is 0 Å². The first-order valence-corrected chi connectivity index (χ1v) is 7.04. The molecule has 0 heterocycles. The van der Waals surface area contributed by atoms with Crippen LogP contribution in [0.1, 0.15) is 56.3 Å². The van der Waals surface area contributed by atoms with E-state index in [4.69, 9.17) is 5.73 Å². The van der Waals surface area contributed by atoms with E-state index in [9.17, 15) is 0 Å². The van der Waals surface area contributed by atoms with Crippen LogP contribution in [-0.2, 0) is 12.8 Å². The van der Waals surface area contributed by atoms with Crippen LogP contribution in [0.3, 0.4) is 0 Å². The van der Waals surface area contributed by atoms with Gasteiger partial charge in [-0.2, -0.15) is 0 Å². The summed E-state index contributed by atoms with van der Waals surface area (Å²) < 4.78 is 0. The van der Waals surface area contributed by atoms with E-state index in [0.29, 0.717) is 5.92 Å². The molecule has 1 nitrogen and oxygen atoms in total. The number of benzene rings is 1. The molecule has 2 N–H and O–H groups in total. The minimum Gasteiger partial charge on any atom is -0.324 e. The first kappa shape index (κ1) is 12.6. The topological polar surface area (TPSA) is 26.0 Å². The van der Waals surface area contributed by atoms with Crippen LogP contribution in [-0.4, -0.2) is 0 Å². The average Bonchev–Trinajstić information content (AvgIpc) is 3.20. The second-order valence-electron chi connectivity index (χ2n) is 5.46. The lowest BCUT2D eigenvalue weighted by Gasteiger charge is -2.23. The monoisotopic (exact) mass is 231 g/mol. The quantitative estimate of drug-likeness (QED) is 0.818. The van der Waals surface area contributed by atoms with Gasteiger partial charge in [0, 0.05) is 6.04 Å². The summed E-state index contributed by atoms with van der Waals surface area (Å²) in [4.78, 5) is 0. The fraction of sp³-hybridized carbons (Fsp3) is 0.625. The van der Waals surface area contributed by atoms with E-state index in [1.807, 2.05) is 0 Å². The zero-order valence-corrected chi connectivity index (χ0v) is 11.4. The molecular formula is C16H25N. The van der Waals surface area contributed by atoms with E-state index >= 15 is 0 Å². The molecule has 0 amide bonds. The maximum absolute atomic E-state index is 6.48. The van der Waals surface area contributed by atoms with Crippen molar-refractivity contribution in [3.05, 3.63) is 34.9 Å². The van der Waals surface area contributed by atoms with Crippen molar-refractivity contribution in [1.29, 1.82) is 0 Å². The zero-order chi connectivity index (χ0) is 12.4. The van der Waals surface area contributed by atoms with Gasteiger partial charge in [0.2, 0.25) is 0 Å².